The molecule has 166 valence electrons. The maximum atomic E-state index is 13.4. The van der Waals surface area contributed by atoms with Crippen LogP contribution in [0.3, 0.4) is 0 Å². The van der Waals surface area contributed by atoms with Crippen molar-refractivity contribution >= 4 is 18.5 Å². The van der Waals surface area contributed by atoms with E-state index in [0.29, 0.717) is 0 Å². The average molecular weight is 435 g/mol. The number of hydrogen-bond acceptors (Lipinski definition) is 4. The molecule has 5 nitrogen and oxygen atoms in total. The van der Waals surface area contributed by atoms with Crippen LogP contribution in [0, 0.1) is 0 Å². The molecule has 0 aliphatic carbocycles. The van der Waals surface area contributed by atoms with Crippen molar-refractivity contribution in [3.05, 3.63) is 23.8 Å². The number of piperidine rings is 1. The topological polar surface area (TPSA) is 48.0 Å². The van der Waals surface area contributed by atoms with Gasteiger partial charge in [-0.3, -0.25) is 4.79 Å². The van der Waals surface area contributed by atoms with Gasteiger partial charge < -0.3 is 18.9 Å². The summed E-state index contributed by atoms with van der Waals surface area (Å²) in [7, 11) is -0.955. The van der Waals surface area contributed by atoms with Crippen molar-refractivity contribution in [3.8, 4) is 5.75 Å². The van der Waals surface area contributed by atoms with E-state index in [1.165, 1.54) is 12.1 Å². The predicted molar refractivity (Wildman–Crippen MR) is 98.9 cm³/mol. The minimum Gasteiger partial charge on any atom is -0.405 e. The Morgan fingerprint density at radius 2 is 1.60 bits per heavy atom. The van der Waals surface area contributed by atoms with E-state index in [9.17, 15) is 26.7 Å². The molecule has 0 bridgehead atoms. The van der Waals surface area contributed by atoms with Gasteiger partial charge in [0.15, 0.2) is 0 Å². The van der Waals surface area contributed by atoms with E-state index in [4.69, 9.17) is 9.31 Å². The Balaban J connectivity index is 1.90. The third-order valence-corrected chi connectivity index (χ3v) is 5.77. The number of rotatable bonds is 3. The molecule has 30 heavy (non-hydrogen) atoms. The van der Waals surface area contributed by atoms with Crippen molar-refractivity contribution in [1.82, 2.24) is 4.90 Å². The molecule has 2 aliphatic rings. The fourth-order valence-electron chi connectivity index (χ4n) is 3.26. The van der Waals surface area contributed by atoms with Gasteiger partial charge in [-0.05, 0) is 45.3 Å². The molecule has 2 aliphatic heterocycles. The van der Waals surface area contributed by atoms with Crippen LogP contribution < -0.4 is 10.2 Å². The zero-order valence-electron chi connectivity index (χ0n) is 17.1. The Labute approximate surface area is 171 Å². The molecule has 0 radical (unpaired) electrons. The Morgan fingerprint density at radius 3 is 2.10 bits per heavy atom. The number of hydrogen-bond donors (Lipinski definition) is 0. The standard InChI is InChI=1S/C19H23BF5NO4/c1-16(2)17(3,4)30-20(29-16)12-5-6-13(14(11-12)28-19(23,24)25)15(27)26-9-7-18(21,22)8-10-26/h5-6,11H,7-10H2,1-4H3. The van der Waals surface area contributed by atoms with Gasteiger partial charge in [0.2, 0.25) is 0 Å². The number of ether oxygens (including phenoxy) is 1. The second kappa shape index (κ2) is 7.37. The van der Waals surface area contributed by atoms with Crippen LogP contribution in [0.1, 0.15) is 50.9 Å². The maximum absolute atomic E-state index is 13.4. The third-order valence-electron chi connectivity index (χ3n) is 5.77. The molecule has 0 saturated carbocycles. The second-order valence-electron chi connectivity index (χ2n) is 8.54. The zero-order valence-corrected chi connectivity index (χ0v) is 17.1. The first kappa shape index (κ1) is 22.8. The van der Waals surface area contributed by atoms with Gasteiger partial charge in [0.25, 0.3) is 11.8 Å². The summed E-state index contributed by atoms with van der Waals surface area (Å²) in [6, 6.07) is 3.63. The van der Waals surface area contributed by atoms with Crippen molar-refractivity contribution in [2.75, 3.05) is 13.1 Å². The van der Waals surface area contributed by atoms with Crippen molar-refractivity contribution in [3.63, 3.8) is 0 Å². The summed E-state index contributed by atoms with van der Waals surface area (Å²) in [5, 5.41) is 0. The summed E-state index contributed by atoms with van der Waals surface area (Å²) < 4.78 is 81.4. The number of carbonyl (C=O) groups is 1. The minimum atomic E-state index is -5.04. The lowest BCUT2D eigenvalue weighted by molar-refractivity contribution is -0.274. The molecule has 0 aromatic heterocycles. The number of amides is 1. The SMILES string of the molecule is CC1(C)OB(c2ccc(C(=O)N3CCC(F)(F)CC3)c(OC(F)(F)F)c2)OC1(C)C. The fraction of sp³-hybridized carbons (Fsp3) is 0.632. The van der Waals surface area contributed by atoms with E-state index >= 15 is 0 Å². The van der Waals surface area contributed by atoms with E-state index in [-0.39, 0.29) is 24.1 Å². The molecule has 3 rings (SSSR count). The lowest BCUT2D eigenvalue weighted by Crippen LogP contribution is -2.43. The first-order valence-corrected chi connectivity index (χ1v) is 9.53. The van der Waals surface area contributed by atoms with E-state index < -0.39 is 55.1 Å². The highest BCUT2D eigenvalue weighted by molar-refractivity contribution is 6.62. The molecule has 1 amide bonds. The normalized spacial score (nSPS) is 22.8. The van der Waals surface area contributed by atoms with Gasteiger partial charge in [0.05, 0.1) is 16.8 Å². The first-order chi connectivity index (χ1) is 13.6. The molecule has 2 fully saturated rings. The number of nitrogens with zero attached hydrogens (tertiary/aromatic N) is 1. The van der Waals surface area contributed by atoms with Crippen LogP contribution in [-0.2, 0) is 9.31 Å². The van der Waals surface area contributed by atoms with Gasteiger partial charge in [-0.25, -0.2) is 8.78 Å². The monoisotopic (exact) mass is 435 g/mol. The third kappa shape index (κ3) is 4.72. The van der Waals surface area contributed by atoms with E-state index in [1.807, 2.05) is 0 Å². The van der Waals surface area contributed by atoms with Crippen LogP contribution in [-0.4, -0.2) is 54.5 Å². The number of benzene rings is 1. The summed E-state index contributed by atoms with van der Waals surface area (Å²) in [5.41, 5.74) is -1.54. The van der Waals surface area contributed by atoms with E-state index in [2.05, 4.69) is 4.74 Å². The van der Waals surface area contributed by atoms with Crippen LogP contribution in [0.15, 0.2) is 18.2 Å². The quantitative estimate of drug-likeness (QED) is 0.536. The van der Waals surface area contributed by atoms with E-state index in [1.54, 1.807) is 27.7 Å². The van der Waals surface area contributed by atoms with Crippen LogP contribution in [0.25, 0.3) is 0 Å². The molecule has 1 aromatic rings. The van der Waals surface area contributed by atoms with Crippen molar-refractivity contribution in [2.24, 2.45) is 0 Å². The smallest absolute Gasteiger partial charge is 0.405 e. The Hall–Kier alpha value is -1.88. The molecule has 1 aromatic carbocycles. The van der Waals surface area contributed by atoms with Gasteiger partial charge in [-0.2, -0.15) is 0 Å². The van der Waals surface area contributed by atoms with Crippen LogP contribution in [0.5, 0.6) is 5.75 Å². The summed E-state index contributed by atoms with van der Waals surface area (Å²) in [6.45, 7) is 6.68. The van der Waals surface area contributed by atoms with Gasteiger partial charge >= 0.3 is 13.5 Å². The molecular formula is C19H23BF5NO4. The number of halogens is 5. The molecule has 2 saturated heterocycles. The molecule has 0 N–H and O–H groups in total. The molecule has 2 heterocycles. The number of likely N-dealkylation sites (tertiary alicyclic amines) is 1. The summed E-state index contributed by atoms with van der Waals surface area (Å²) in [4.78, 5) is 13.8. The average Bonchev–Trinajstić information content (AvgIpc) is 2.80. The summed E-state index contributed by atoms with van der Waals surface area (Å²) in [6.07, 6.45) is -6.13. The first-order valence-electron chi connectivity index (χ1n) is 9.53. The molecule has 0 unspecified atom stereocenters. The molecule has 11 heteroatoms. The number of alkyl halides is 5. The molecular weight excluding hydrogens is 412 g/mol. The van der Waals surface area contributed by atoms with Crippen LogP contribution in [0.2, 0.25) is 0 Å². The van der Waals surface area contributed by atoms with Crippen molar-refractivity contribution in [2.45, 2.75) is 64.0 Å². The number of carbonyl (C=O) groups excluding carboxylic acids is 1. The van der Waals surface area contributed by atoms with Gasteiger partial charge in [0.1, 0.15) is 5.75 Å². The van der Waals surface area contributed by atoms with Crippen LogP contribution in [0.4, 0.5) is 22.0 Å². The Bertz CT molecular complexity index is 802. The highest BCUT2D eigenvalue weighted by Crippen LogP contribution is 2.37. The minimum absolute atomic E-state index is 0.245. The van der Waals surface area contributed by atoms with Crippen molar-refractivity contribution < 1.29 is 40.8 Å². The van der Waals surface area contributed by atoms with Gasteiger partial charge in [-0.15, -0.1) is 13.2 Å². The zero-order chi connectivity index (χ0) is 22.5. The van der Waals surface area contributed by atoms with Crippen LogP contribution >= 0.6 is 0 Å². The maximum Gasteiger partial charge on any atom is 0.573 e. The highest BCUT2D eigenvalue weighted by atomic mass is 19.4. The lowest BCUT2D eigenvalue weighted by Gasteiger charge is -2.32. The lowest BCUT2D eigenvalue weighted by atomic mass is 9.78. The largest absolute Gasteiger partial charge is 0.573 e. The van der Waals surface area contributed by atoms with Gasteiger partial charge in [-0.1, -0.05) is 6.07 Å². The predicted octanol–water partition coefficient (Wildman–Crippen LogP) is 3.76. The summed E-state index contributed by atoms with van der Waals surface area (Å²) >= 11 is 0. The molecule has 0 atom stereocenters. The van der Waals surface area contributed by atoms with Gasteiger partial charge in [0, 0.05) is 25.9 Å². The van der Waals surface area contributed by atoms with E-state index in [0.717, 1.165) is 11.0 Å². The Morgan fingerprint density at radius 1 is 1.07 bits per heavy atom. The second-order valence-corrected chi connectivity index (χ2v) is 8.54. The Kier molecular flexibility index (Phi) is 5.60. The fourth-order valence-corrected chi connectivity index (χ4v) is 3.26. The van der Waals surface area contributed by atoms with Crippen molar-refractivity contribution in [1.29, 1.82) is 0 Å². The highest BCUT2D eigenvalue weighted by Gasteiger charge is 2.52. The molecule has 0 spiro atoms. The summed E-state index contributed by atoms with van der Waals surface area (Å²) in [5.74, 6) is -4.41.